The van der Waals surface area contributed by atoms with Crippen LogP contribution in [0.25, 0.3) is 0 Å². The van der Waals surface area contributed by atoms with Crippen LogP contribution in [0.5, 0.6) is 0 Å². The average Bonchev–Trinajstić information content (AvgIpc) is 2.40. The van der Waals surface area contributed by atoms with E-state index in [1.807, 2.05) is 50.3 Å². The predicted molar refractivity (Wildman–Crippen MR) is 73.7 cm³/mol. The Morgan fingerprint density at radius 3 is 2.12 bits per heavy atom. The summed E-state index contributed by atoms with van der Waals surface area (Å²) in [7, 11) is 0. The molecule has 17 heavy (non-hydrogen) atoms. The first-order valence-corrected chi connectivity index (χ1v) is 5.98. The lowest BCUT2D eigenvalue weighted by Crippen LogP contribution is -1.97. The highest BCUT2D eigenvalue weighted by Gasteiger charge is 1.93. The smallest absolute Gasteiger partial charge is 0.302 e. The van der Waals surface area contributed by atoms with Crippen molar-refractivity contribution in [3.8, 4) is 0 Å². The Labute approximate surface area is 105 Å². The third kappa shape index (κ3) is 14.4. The van der Waals surface area contributed by atoms with Crippen molar-refractivity contribution in [2.24, 2.45) is 0 Å². The molecule has 0 saturated heterocycles. The first-order chi connectivity index (χ1) is 8.20. The molecule has 0 amide bonds. The zero-order chi connectivity index (χ0) is 13.5. The van der Waals surface area contributed by atoms with E-state index < -0.39 is 0 Å². The lowest BCUT2D eigenvalue weighted by molar-refractivity contribution is -0.142. The van der Waals surface area contributed by atoms with Crippen molar-refractivity contribution < 1.29 is 9.53 Å². The van der Waals surface area contributed by atoms with E-state index in [9.17, 15) is 4.79 Å². The monoisotopic (exact) mass is 236 g/mol. The van der Waals surface area contributed by atoms with Crippen LogP contribution in [0, 0.1) is 0 Å². The maximum absolute atomic E-state index is 10.4. The molecular formula is C15H24O2. The van der Waals surface area contributed by atoms with E-state index in [1.54, 1.807) is 0 Å². The van der Waals surface area contributed by atoms with Crippen molar-refractivity contribution in [2.45, 2.75) is 40.7 Å². The van der Waals surface area contributed by atoms with E-state index in [1.165, 1.54) is 6.92 Å². The molecule has 0 aromatic heterocycles. The molecule has 0 radical (unpaired) electrons. The maximum atomic E-state index is 10.4. The van der Waals surface area contributed by atoms with Gasteiger partial charge in [-0.1, -0.05) is 57.2 Å². The molecule has 0 saturated carbocycles. The van der Waals surface area contributed by atoms with Gasteiger partial charge in [-0.05, 0) is 12.0 Å². The van der Waals surface area contributed by atoms with Crippen LogP contribution in [-0.2, 0) is 16.1 Å². The molecule has 0 aliphatic carbocycles. The third-order valence-electron chi connectivity index (χ3n) is 1.57. The van der Waals surface area contributed by atoms with E-state index in [-0.39, 0.29) is 5.97 Å². The van der Waals surface area contributed by atoms with Crippen LogP contribution in [0.1, 0.15) is 39.7 Å². The average molecular weight is 236 g/mol. The number of ether oxygens (including phenoxy) is 1. The Morgan fingerprint density at radius 2 is 1.76 bits per heavy atom. The lowest BCUT2D eigenvalue weighted by atomic mass is 10.2. The molecule has 0 aliphatic rings. The summed E-state index contributed by atoms with van der Waals surface area (Å²) in [5.74, 6) is -0.242. The minimum absolute atomic E-state index is 0.242. The van der Waals surface area contributed by atoms with Gasteiger partial charge < -0.3 is 4.74 Å². The summed E-state index contributed by atoms with van der Waals surface area (Å²) < 4.78 is 4.79. The third-order valence-corrected chi connectivity index (χ3v) is 1.57. The second-order valence-electron chi connectivity index (χ2n) is 2.96. The molecule has 0 atom stereocenters. The fourth-order valence-corrected chi connectivity index (χ4v) is 0.759. The number of benzene rings is 1. The molecule has 1 rings (SSSR count). The van der Waals surface area contributed by atoms with Crippen LogP contribution in [0.15, 0.2) is 43.0 Å². The van der Waals surface area contributed by atoms with Crippen LogP contribution < -0.4 is 0 Å². The van der Waals surface area contributed by atoms with E-state index >= 15 is 0 Å². The van der Waals surface area contributed by atoms with Crippen molar-refractivity contribution in [1.82, 2.24) is 0 Å². The van der Waals surface area contributed by atoms with Gasteiger partial charge in [-0.3, -0.25) is 4.79 Å². The zero-order valence-corrected chi connectivity index (χ0v) is 11.4. The van der Waals surface area contributed by atoms with E-state index in [0.29, 0.717) is 6.61 Å². The van der Waals surface area contributed by atoms with Crippen LogP contribution in [0.4, 0.5) is 0 Å². The predicted octanol–water partition coefficient (Wildman–Crippen LogP) is 4.36. The summed E-state index contributed by atoms with van der Waals surface area (Å²) in [6.07, 6.45) is 2.96. The van der Waals surface area contributed by atoms with Crippen LogP contribution in [0.2, 0.25) is 0 Å². The summed E-state index contributed by atoms with van der Waals surface area (Å²) in [6.45, 7) is 11.3. The fourth-order valence-electron chi connectivity index (χ4n) is 0.759. The van der Waals surface area contributed by atoms with Gasteiger partial charge in [-0.15, -0.1) is 6.58 Å². The molecule has 2 nitrogen and oxygen atoms in total. The number of rotatable bonds is 3. The van der Waals surface area contributed by atoms with Crippen molar-refractivity contribution >= 4 is 5.97 Å². The summed E-state index contributed by atoms with van der Waals surface area (Å²) in [6, 6.07) is 9.60. The highest BCUT2D eigenvalue weighted by molar-refractivity contribution is 5.65. The van der Waals surface area contributed by atoms with Crippen molar-refractivity contribution in [3.05, 3.63) is 48.6 Å². The largest absolute Gasteiger partial charge is 0.461 e. The Balaban J connectivity index is 0. The molecule has 0 unspecified atom stereocenters. The molecule has 0 heterocycles. The van der Waals surface area contributed by atoms with Gasteiger partial charge in [0.15, 0.2) is 0 Å². The standard InChI is InChI=1S/C9H10O2.C4H8.C2H6/c1-8(10)11-7-9-5-3-2-4-6-9;1-3-4-2;1-2/h2-6H,7H2,1H3;3H,1,4H2,2H3;1-2H3. The van der Waals surface area contributed by atoms with Gasteiger partial charge in [-0.25, -0.2) is 0 Å². The Kier molecular flexibility index (Phi) is 15.1. The quantitative estimate of drug-likeness (QED) is 0.576. The molecule has 2 heteroatoms. The van der Waals surface area contributed by atoms with Gasteiger partial charge >= 0.3 is 5.97 Å². The Morgan fingerprint density at radius 1 is 1.29 bits per heavy atom. The number of hydrogen-bond acceptors (Lipinski definition) is 2. The van der Waals surface area contributed by atoms with Crippen molar-refractivity contribution in [1.29, 1.82) is 0 Å². The number of hydrogen-bond donors (Lipinski definition) is 0. The first kappa shape index (κ1) is 17.8. The molecule has 1 aromatic carbocycles. The van der Waals surface area contributed by atoms with Crippen LogP contribution >= 0.6 is 0 Å². The molecule has 0 N–H and O–H groups in total. The van der Waals surface area contributed by atoms with Gasteiger partial charge in [0.2, 0.25) is 0 Å². The number of esters is 1. The first-order valence-electron chi connectivity index (χ1n) is 5.98. The van der Waals surface area contributed by atoms with Gasteiger partial charge in [0.05, 0.1) is 0 Å². The Hall–Kier alpha value is -1.57. The molecule has 1 aromatic rings. The van der Waals surface area contributed by atoms with Crippen LogP contribution in [0.3, 0.4) is 0 Å². The number of carbonyl (C=O) groups excluding carboxylic acids is 1. The number of carbonyl (C=O) groups is 1. The lowest BCUT2D eigenvalue weighted by Gasteiger charge is -1.99. The fraction of sp³-hybridized carbons (Fsp3) is 0.400. The van der Waals surface area contributed by atoms with E-state index in [2.05, 4.69) is 13.5 Å². The summed E-state index contributed by atoms with van der Waals surface area (Å²) in [4.78, 5) is 10.4. The SMILES string of the molecule is C=CCC.CC.CC(=O)OCc1ccccc1. The minimum atomic E-state index is -0.242. The molecule has 0 spiro atoms. The summed E-state index contributed by atoms with van der Waals surface area (Å²) in [5, 5.41) is 0. The molecule has 0 bridgehead atoms. The van der Waals surface area contributed by atoms with Crippen molar-refractivity contribution in [3.63, 3.8) is 0 Å². The maximum Gasteiger partial charge on any atom is 0.302 e. The zero-order valence-electron chi connectivity index (χ0n) is 11.4. The van der Waals surface area contributed by atoms with E-state index in [4.69, 9.17) is 4.74 Å². The summed E-state index contributed by atoms with van der Waals surface area (Å²) >= 11 is 0. The van der Waals surface area contributed by atoms with Gasteiger partial charge in [0.25, 0.3) is 0 Å². The summed E-state index contributed by atoms with van der Waals surface area (Å²) in [5.41, 5.74) is 1.02. The van der Waals surface area contributed by atoms with Gasteiger partial charge in [0.1, 0.15) is 6.61 Å². The van der Waals surface area contributed by atoms with E-state index in [0.717, 1.165) is 12.0 Å². The number of allylic oxidation sites excluding steroid dienone is 1. The van der Waals surface area contributed by atoms with Crippen molar-refractivity contribution in [2.75, 3.05) is 0 Å². The van der Waals surface area contributed by atoms with Gasteiger partial charge in [-0.2, -0.15) is 0 Å². The highest BCUT2D eigenvalue weighted by Crippen LogP contribution is 1.99. The second-order valence-corrected chi connectivity index (χ2v) is 2.96. The highest BCUT2D eigenvalue weighted by atomic mass is 16.5. The topological polar surface area (TPSA) is 26.3 Å². The van der Waals surface area contributed by atoms with Crippen LogP contribution in [-0.4, -0.2) is 5.97 Å². The van der Waals surface area contributed by atoms with Gasteiger partial charge in [0, 0.05) is 6.92 Å². The minimum Gasteiger partial charge on any atom is -0.461 e. The molecule has 96 valence electrons. The molecule has 0 aliphatic heterocycles. The molecular weight excluding hydrogens is 212 g/mol. The second kappa shape index (κ2) is 14.4. The Bertz CT molecular complexity index is 278. The normalized spacial score (nSPS) is 7.76. The molecule has 0 fully saturated rings.